The summed E-state index contributed by atoms with van der Waals surface area (Å²) in [7, 11) is 0. The molecule has 0 bridgehead atoms. The van der Waals surface area contributed by atoms with Crippen LogP contribution in [0, 0.1) is 5.41 Å². The Hall–Kier alpha value is -0.280. The van der Waals surface area contributed by atoms with Crippen LogP contribution in [0.1, 0.15) is 31.2 Å². The third-order valence-corrected chi connectivity index (χ3v) is 5.03. The number of rotatable bonds is 3. The van der Waals surface area contributed by atoms with Crippen molar-refractivity contribution in [3.05, 3.63) is 34.9 Å². The van der Waals surface area contributed by atoms with Crippen molar-refractivity contribution in [1.82, 2.24) is 10.2 Å². The van der Waals surface area contributed by atoms with Crippen LogP contribution in [0.2, 0.25) is 5.02 Å². The summed E-state index contributed by atoms with van der Waals surface area (Å²) in [6, 6.07) is 8.31. The van der Waals surface area contributed by atoms with Crippen LogP contribution in [0.3, 0.4) is 0 Å². The highest BCUT2D eigenvalue weighted by molar-refractivity contribution is 6.30. The summed E-state index contributed by atoms with van der Waals surface area (Å²) in [4.78, 5) is 2.64. The summed E-state index contributed by atoms with van der Waals surface area (Å²) in [6.07, 6.45) is 2.72. The molecule has 20 heavy (non-hydrogen) atoms. The van der Waals surface area contributed by atoms with Crippen molar-refractivity contribution in [3.8, 4) is 0 Å². The van der Waals surface area contributed by atoms with Gasteiger partial charge in [0.1, 0.15) is 0 Å². The number of likely N-dealkylation sites (tertiary alicyclic amines) is 1. The number of hydrogen-bond acceptors (Lipinski definition) is 2. The van der Waals surface area contributed by atoms with Gasteiger partial charge in [0.15, 0.2) is 0 Å². The lowest BCUT2D eigenvalue weighted by molar-refractivity contribution is 0.265. The second-order valence-corrected chi connectivity index (χ2v) is 6.80. The second-order valence-electron chi connectivity index (χ2n) is 6.37. The zero-order chi connectivity index (χ0) is 13.3. The van der Waals surface area contributed by atoms with Gasteiger partial charge >= 0.3 is 0 Å². The summed E-state index contributed by atoms with van der Waals surface area (Å²) < 4.78 is 0. The van der Waals surface area contributed by atoms with E-state index in [4.69, 9.17) is 11.6 Å². The van der Waals surface area contributed by atoms with Gasteiger partial charge in [-0.2, -0.15) is 0 Å². The maximum atomic E-state index is 6.08. The number of halogens is 2. The molecule has 0 amide bonds. The summed E-state index contributed by atoms with van der Waals surface area (Å²) in [6.45, 7) is 8.41. The first-order valence-electron chi connectivity index (χ1n) is 7.35. The van der Waals surface area contributed by atoms with Crippen LogP contribution in [-0.4, -0.2) is 37.6 Å². The molecule has 2 atom stereocenters. The minimum atomic E-state index is 0. The fourth-order valence-corrected chi connectivity index (χ4v) is 3.83. The molecule has 1 N–H and O–H groups in total. The molecule has 0 saturated carbocycles. The smallest absolute Gasteiger partial charge is 0.0408 e. The Kier molecular flexibility index (Phi) is 5.36. The largest absolute Gasteiger partial charge is 0.316 e. The SMILES string of the molecule is CC(CN1CCC2(CCNC2)C1)c1cccc(Cl)c1.Cl. The lowest BCUT2D eigenvalue weighted by Crippen LogP contribution is -2.31. The molecular weight excluding hydrogens is 291 g/mol. The predicted octanol–water partition coefficient (Wildman–Crippen LogP) is 3.55. The van der Waals surface area contributed by atoms with E-state index >= 15 is 0 Å². The molecule has 2 saturated heterocycles. The second kappa shape index (κ2) is 6.65. The third kappa shape index (κ3) is 3.48. The molecule has 112 valence electrons. The molecule has 2 unspecified atom stereocenters. The van der Waals surface area contributed by atoms with Crippen molar-refractivity contribution < 1.29 is 0 Å². The molecule has 0 aromatic heterocycles. The summed E-state index contributed by atoms with van der Waals surface area (Å²) in [5, 5.41) is 4.37. The van der Waals surface area contributed by atoms with E-state index in [1.807, 2.05) is 6.07 Å². The lowest BCUT2D eigenvalue weighted by atomic mass is 9.86. The van der Waals surface area contributed by atoms with E-state index in [1.54, 1.807) is 0 Å². The monoisotopic (exact) mass is 314 g/mol. The molecule has 1 aromatic carbocycles. The van der Waals surface area contributed by atoms with Gasteiger partial charge in [0.2, 0.25) is 0 Å². The maximum Gasteiger partial charge on any atom is 0.0408 e. The number of nitrogens with one attached hydrogen (secondary N) is 1. The van der Waals surface area contributed by atoms with Gasteiger partial charge in [0, 0.05) is 24.7 Å². The molecule has 2 aliphatic heterocycles. The zero-order valence-corrected chi connectivity index (χ0v) is 13.6. The normalized spacial score (nSPS) is 27.7. The molecule has 2 heterocycles. The number of benzene rings is 1. The fourth-order valence-electron chi connectivity index (χ4n) is 3.63. The van der Waals surface area contributed by atoms with Gasteiger partial charge in [-0.25, -0.2) is 0 Å². The molecule has 4 heteroatoms. The van der Waals surface area contributed by atoms with Gasteiger partial charge in [0.05, 0.1) is 0 Å². The first-order chi connectivity index (χ1) is 9.17. The van der Waals surface area contributed by atoms with Crippen molar-refractivity contribution in [1.29, 1.82) is 0 Å². The Balaban J connectivity index is 0.00000147. The Labute approximate surface area is 133 Å². The Morgan fingerprint density at radius 2 is 2.25 bits per heavy atom. The molecule has 0 aliphatic carbocycles. The van der Waals surface area contributed by atoms with E-state index in [9.17, 15) is 0 Å². The number of nitrogens with zero attached hydrogens (tertiary/aromatic N) is 1. The molecular formula is C16H24Cl2N2. The van der Waals surface area contributed by atoms with Crippen LogP contribution in [0.5, 0.6) is 0 Å². The highest BCUT2D eigenvalue weighted by Gasteiger charge is 2.40. The van der Waals surface area contributed by atoms with Gasteiger partial charge in [0.25, 0.3) is 0 Å². The van der Waals surface area contributed by atoms with Gasteiger partial charge in [-0.05, 0) is 55.0 Å². The average molecular weight is 315 g/mol. The molecule has 2 nitrogen and oxygen atoms in total. The zero-order valence-electron chi connectivity index (χ0n) is 12.1. The van der Waals surface area contributed by atoms with Crippen molar-refractivity contribution >= 4 is 24.0 Å². The standard InChI is InChI=1S/C16H23ClN2.ClH/c1-13(14-3-2-4-15(17)9-14)10-19-8-6-16(12-19)5-7-18-11-16;/h2-4,9,13,18H,5-8,10-12H2,1H3;1H. The molecule has 1 aromatic rings. The van der Waals surface area contributed by atoms with E-state index in [2.05, 4.69) is 35.3 Å². The van der Waals surface area contributed by atoms with Crippen LogP contribution in [-0.2, 0) is 0 Å². The minimum absolute atomic E-state index is 0. The topological polar surface area (TPSA) is 15.3 Å². The molecule has 0 radical (unpaired) electrons. The van der Waals surface area contributed by atoms with Crippen molar-refractivity contribution in [3.63, 3.8) is 0 Å². The fraction of sp³-hybridized carbons (Fsp3) is 0.625. The quantitative estimate of drug-likeness (QED) is 0.918. The molecule has 2 fully saturated rings. The first-order valence-corrected chi connectivity index (χ1v) is 7.73. The number of hydrogen-bond donors (Lipinski definition) is 1. The summed E-state index contributed by atoms with van der Waals surface area (Å²) >= 11 is 6.08. The van der Waals surface area contributed by atoms with Crippen LogP contribution in [0.4, 0.5) is 0 Å². The summed E-state index contributed by atoms with van der Waals surface area (Å²) in [5.41, 5.74) is 1.94. The van der Waals surface area contributed by atoms with Crippen LogP contribution < -0.4 is 5.32 Å². The van der Waals surface area contributed by atoms with E-state index < -0.39 is 0 Å². The van der Waals surface area contributed by atoms with E-state index in [0.717, 1.165) is 11.6 Å². The first kappa shape index (κ1) is 16.1. The van der Waals surface area contributed by atoms with Crippen LogP contribution in [0.25, 0.3) is 0 Å². The minimum Gasteiger partial charge on any atom is -0.316 e. The van der Waals surface area contributed by atoms with Crippen LogP contribution >= 0.6 is 24.0 Å². The third-order valence-electron chi connectivity index (χ3n) is 4.80. The maximum absolute atomic E-state index is 6.08. The van der Waals surface area contributed by atoms with E-state index in [-0.39, 0.29) is 12.4 Å². The van der Waals surface area contributed by atoms with Gasteiger partial charge in [-0.3, -0.25) is 0 Å². The molecule has 1 spiro atoms. The highest BCUT2D eigenvalue weighted by atomic mass is 35.5. The van der Waals surface area contributed by atoms with Crippen LogP contribution in [0.15, 0.2) is 24.3 Å². The van der Waals surface area contributed by atoms with Gasteiger partial charge < -0.3 is 10.2 Å². The molecule has 3 rings (SSSR count). The van der Waals surface area contributed by atoms with Gasteiger partial charge in [-0.15, -0.1) is 12.4 Å². The van der Waals surface area contributed by atoms with E-state index in [0.29, 0.717) is 11.3 Å². The average Bonchev–Trinajstić information content (AvgIpc) is 3.00. The summed E-state index contributed by atoms with van der Waals surface area (Å²) in [5.74, 6) is 0.559. The Bertz CT molecular complexity index is 444. The molecule has 2 aliphatic rings. The Morgan fingerprint density at radius 1 is 1.40 bits per heavy atom. The van der Waals surface area contributed by atoms with Crippen molar-refractivity contribution in [2.75, 3.05) is 32.7 Å². The van der Waals surface area contributed by atoms with Crippen molar-refractivity contribution in [2.45, 2.75) is 25.7 Å². The lowest BCUT2D eigenvalue weighted by Gasteiger charge is -2.25. The Morgan fingerprint density at radius 3 is 2.95 bits per heavy atom. The van der Waals surface area contributed by atoms with Gasteiger partial charge in [-0.1, -0.05) is 30.7 Å². The predicted molar refractivity (Wildman–Crippen MR) is 88.1 cm³/mol. The van der Waals surface area contributed by atoms with E-state index in [1.165, 1.54) is 44.6 Å². The highest BCUT2D eigenvalue weighted by Crippen LogP contribution is 2.36. The van der Waals surface area contributed by atoms with Crippen molar-refractivity contribution in [2.24, 2.45) is 5.41 Å².